The molecule has 0 heterocycles. The summed E-state index contributed by atoms with van der Waals surface area (Å²) in [5, 5.41) is 0. The average molecular weight is 359 g/mol. The zero-order valence-electron chi connectivity index (χ0n) is 13.4. The normalized spacial score (nSPS) is 20.8. The van der Waals surface area contributed by atoms with E-state index in [9.17, 15) is 0 Å². The number of hydrogen-bond acceptors (Lipinski definition) is 1. The summed E-state index contributed by atoms with van der Waals surface area (Å²) in [4.78, 5) is 0. The van der Waals surface area contributed by atoms with Crippen molar-refractivity contribution >= 4 is 19.4 Å². The molecule has 1 aliphatic rings. The average Bonchev–Trinajstić information content (AvgIpc) is 3.30. The van der Waals surface area contributed by atoms with E-state index < -0.39 is 0 Å². The van der Waals surface area contributed by atoms with Crippen LogP contribution in [0.3, 0.4) is 0 Å². The van der Waals surface area contributed by atoms with Crippen LogP contribution < -0.4 is 4.46 Å². The zero-order chi connectivity index (χ0) is 15.4. The molecule has 1 aliphatic carbocycles. The molecule has 0 radical (unpaired) electrons. The van der Waals surface area contributed by atoms with Crippen molar-refractivity contribution in [3.63, 3.8) is 0 Å². The molecule has 0 unspecified atom stereocenters. The number of hydrogen-bond donors (Lipinski definition) is 0. The second-order valence-electron chi connectivity index (χ2n) is 6.62. The van der Waals surface area contributed by atoms with E-state index in [4.69, 9.17) is 4.74 Å². The van der Waals surface area contributed by atoms with Crippen molar-refractivity contribution in [3.05, 3.63) is 66.2 Å². The number of rotatable bonds is 7. The van der Waals surface area contributed by atoms with E-state index in [0.29, 0.717) is 19.3 Å². The molecule has 1 fully saturated rings. The van der Waals surface area contributed by atoms with Crippen molar-refractivity contribution in [3.8, 4) is 0 Å². The van der Waals surface area contributed by atoms with Crippen LogP contribution in [0, 0.1) is 11.8 Å². The Labute approximate surface area is 140 Å². The van der Waals surface area contributed by atoms with Crippen LogP contribution in [0.4, 0.5) is 0 Å². The molecule has 1 nitrogen and oxygen atoms in total. The summed E-state index contributed by atoms with van der Waals surface area (Å²) in [5.41, 5.74) is 1.27. The third-order valence-electron chi connectivity index (χ3n) is 4.38. The SMILES string of the molecule is CC(C)([Se]c1ccccc1)[C@@H]1C[C@H]1COCc1ccccc1. The van der Waals surface area contributed by atoms with Gasteiger partial charge in [-0.05, 0) is 0 Å². The molecule has 2 aromatic rings. The van der Waals surface area contributed by atoms with E-state index in [1.165, 1.54) is 16.4 Å². The fourth-order valence-corrected chi connectivity index (χ4v) is 5.87. The molecule has 2 heteroatoms. The van der Waals surface area contributed by atoms with Crippen LogP contribution in [-0.4, -0.2) is 21.6 Å². The molecule has 1 saturated carbocycles. The van der Waals surface area contributed by atoms with Crippen LogP contribution in [-0.2, 0) is 11.3 Å². The summed E-state index contributed by atoms with van der Waals surface area (Å²) in [5.74, 6) is 1.58. The van der Waals surface area contributed by atoms with Crippen LogP contribution in [0.25, 0.3) is 0 Å². The van der Waals surface area contributed by atoms with Gasteiger partial charge < -0.3 is 0 Å². The molecule has 0 amide bonds. The first-order valence-electron chi connectivity index (χ1n) is 8.01. The maximum absolute atomic E-state index is 5.93. The summed E-state index contributed by atoms with van der Waals surface area (Å²) >= 11 is 0.535. The van der Waals surface area contributed by atoms with Gasteiger partial charge in [0.2, 0.25) is 0 Å². The summed E-state index contributed by atoms with van der Waals surface area (Å²) in [7, 11) is 0. The molecular weight excluding hydrogens is 335 g/mol. The van der Waals surface area contributed by atoms with Gasteiger partial charge in [-0.25, -0.2) is 0 Å². The summed E-state index contributed by atoms with van der Waals surface area (Å²) < 4.78 is 7.86. The van der Waals surface area contributed by atoms with Gasteiger partial charge in [-0.2, -0.15) is 0 Å². The van der Waals surface area contributed by atoms with Crippen LogP contribution in [0.15, 0.2) is 60.7 Å². The van der Waals surface area contributed by atoms with Crippen LogP contribution in [0.2, 0.25) is 4.31 Å². The van der Waals surface area contributed by atoms with Crippen molar-refractivity contribution in [1.29, 1.82) is 0 Å². The first kappa shape index (κ1) is 15.8. The van der Waals surface area contributed by atoms with Crippen LogP contribution in [0.1, 0.15) is 25.8 Å². The van der Waals surface area contributed by atoms with Crippen LogP contribution >= 0.6 is 0 Å². The Morgan fingerprint density at radius 3 is 2.32 bits per heavy atom. The van der Waals surface area contributed by atoms with Gasteiger partial charge in [0, 0.05) is 0 Å². The van der Waals surface area contributed by atoms with Crippen LogP contribution in [0.5, 0.6) is 0 Å². The Hall–Kier alpha value is -1.08. The molecule has 0 bridgehead atoms. The van der Waals surface area contributed by atoms with Gasteiger partial charge in [0.05, 0.1) is 0 Å². The summed E-state index contributed by atoms with van der Waals surface area (Å²) in [6, 6.07) is 21.4. The fourth-order valence-electron chi connectivity index (χ4n) is 3.05. The van der Waals surface area contributed by atoms with Crippen molar-refractivity contribution in [1.82, 2.24) is 0 Å². The minimum absolute atomic E-state index is 0.426. The van der Waals surface area contributed by atoms with E-state index in [1.807, 2.05) is 0 Å². The molecule has 0 saturated heterocycles. The third kappa shape index (κ3) is 4.23. The Kier molecular flexibility index (Phi) is 5.03. The quantitative estimate of drug-likeness (QED) is 0.678. The second kappa shape index (κ2) is 7.00. The molecule has 0 spiro atoms. The van der Waals surface area contributed by atoms with Crippen molar-refractivity contribution < 1.29 is 4.74 Å². The second-order valence-corrected chi connectivity index (χ2v) is 10.2. The molecule has 22 heavy (non-hydrogen) atoms. The molecule has 0 aromatic heterocycles. The van der Waals surface area contributed by atoms with Gasteiger partial charge in [0.15, 0.2) is 0 Å². The molecule has 2 aromatic carbocycles. The summed E-state index contributed by atoms with van der Waals surface area (Å²) in [6.07, 6.45) is 1.33. The number of benzene rings is 2. The van der Waals surface area contributed by atoms with E-state index in [2.05, 4.69) is 74.5 Å². The first-order chi connectivity index (χ1) is 10.6. The van der Waals surface area contributed by atoms with E-state index in [-0.39, 0.29) is 0 Å². The Balaban J connectivity index is 1.45. The van der Waals surface area contributed by atoms with Gasteiger partial charge in [-0.15, -0.1) is 0 Å². The first-order valence-corrected chi connectivity index (χ1v) is 9.72. The van der Waals surface area contributed by atoms with Gasteiger partial charge >= 0.3 is 140 Å². The fraction of sp³-hybridized carbons (Fsp3) is 0.400. The molecule has 3 rings (SSSR count). The predicted octanol–water partition coefficient (Wildman–Crippen LogP) is 4.07. The predicted molar refractivity (Wildman–Crippen MR) is 93.6 cm³/mol. The molecular formula is C20H24OSe. The van der Waals surface area contributed by atoms with E-state index in [0.717, 1.165) is 25.0 Å². The molecule has 116 valence electrons. The molecule has 0 N–H and O–H groups in total. The van der Waals surface area contributed by atoms with Crippen molar-refractivity contribution in [2.24, 2.45) is 11.8 Å². The third-order valence-corrected chi connectivity index (χ3v) is 7.19. The minimum atomic E-state index is 0.426. The van der Waals surface area contributed by atoms with Gasteiger partial charge in [0.1, 0.15) is 0 Å². The molecule has 0 aliphatic heterocycles. The van der Waals surface area contributed by atoms with E-state index in [1.54, 1.807) is 0 Å². The number of ether oxygens (including phenoxy) is 1. The Bertz CT molecular complexity index is 579. The summed E-state index contributed by atoms with van der Waals surface area (Å²) in [6.45, 7) is 6.52. The van der Waals surface area contributed by atoms with Gasteiger partial charge in [-0.1, -0.05) is 0 Å². The maximum atomic E-state index is 5.93. The Morgan fingerprint density at radius 1 is 1.00 bits per heavy atom. The monoisotopic (exact) mass is 360 g/mol. The van der Waals surface area contributed by atoms with Crippen molar-refractivity contribution in [2.75, 3.05) is 6.61 Å². The van der Waals surface area contributed by atoms with Gasteiger partial charge in [0.25, 0.3) is 0 Å². The topological polar surface area (TPSA) is 9.23 Å². The Morgan fingerprint density at radius 2 is 1.64 bits per heavy atom. The zero-order valence-corrected chi connectivity index (χ0v) is 15.1. The van der Waals surface area contributed by atoms with E-state index >= 15 is 0 Å². The molecule has 2 atom stereocenters. The van der Waals surface area contributed by atoms with Crippen molar-refractivity contribution in [2.45, 2.75) is 31.2 Å². The van der Waals surface area contributed by atoms with Gasteiger partial charge in [-0.3, -0.25) is 0 Å². The standard InChI is InChI=1S/C20H24OSe/c1-20(2,22-18-11-7-4-8-12-18)19-13-17(19)15-21-14-16-9-5-3-6-10-16/h3-12,17,19H,13-15H2,1-2H3/t17-,19+/m0/s1.